The van der Waals surface area contributed by atoms with Crippen molar-refractivity contribution in [2.24, 2.45) is 5.10 Å². The molecule has 6 heteroatoms. The van der Waals surface area contributed by atoms with Crippen LogP contribution in [-0.2, 0) is 4.79 Å². The zero-order valence-electron chi connectivity index (χ0n) is 14.7. The van der Waals surface area contributed by atoms with E-state index in [-0.39, 0.29) is 18.2 Å². The van der Waals surface area contributed by atoms with Crippen molar-refractivity contribution < 1.29 is 9.59 Å². The van der Waals surface area contributed by atoms with Crippen molar-refractivity contribution in [1.82, 2.24) is 5.43 Å². The van der Waals surface area contributed by atoms with Crippen LogP contribution in [0, 0.1) is 0 Å². The van der Waals surface area contributed by atoms with Crippen LogP contribution in [0.25, 0.3) is 10.8 Å². The lowest BCUT2D eigenvalue weighted by Crippen LogP contribution is -2.21. The Morgan fingerprint density at radius 1 is 0.963 bits per heavy atom. The second kappa shape index (κ2) is 8.47. The number of carbonyl (C=O) groups is 2. The van der Waals surface area contributed by atoms with E-state index in [4.69, 9.17) is 11.6 Å². The number of hydrogen-bond donors (Lipinski definition) is 2. The summed E-state index contributed by atoms with van der Waals surface area (Å²) >= 11 is 5.81. The fourth-order valence-electron chi connectivity index (χ4n) is 2.55. The molecular weight excluding hydrogens is 362 g/mol. The predicted molar refractivity (Wildman–Crippen MR) is 109 cm³/mol. The Balaban J connectivity index is 1.57. The Kier molecular flexibility index (Phi) is 5.84. The molecule has 27 heavy (non-hydrogen) atoms. The van der Waals surface area contributed by atoms with Crippen molar-refractivity contribution in [3.05, 3.63) is 77.3 Å². The number of rotatable bonds is 5. The molecule has 3 aromatic rings. The monoisotopic (exact) mass is 379 g/mol. The van der Waals surface area contributed by atoms with E-state index >= 15 is 0 Å². The van der Waals surface area contributed by atoms with Crippen LogP contribution in [0.2, 0.25) is 5.02 Å². The molecule has 2 N–H and O–H groups in total. The van der Waals surface area contributed by atoms with Gasteiger partial charge >= 0.3 is 0 Å². The summed E-state index contributed by atoms with van der Waals surface area (Å²) in [4.78, 5) is 24.3. The van der Waals surface area contributed by atoms with Crippen molar-refractivity contribution in [3.63, 3.8) is 0 Å². The van der Waals surface area contributed by atoms with E-state index in [1.54, 1.807) is 37.3 Å². The van der Waals surface area contributed by atoms with E-state index in [1.807, 2.05) is 36.4 Å². The van der Waals surface area contributed by atoms with Gasteiger partial charge < -0.3 is 5.32 Å². The third-order valence-electron chi connectivity index (χ3n) is 3.90. The van der Waals surface area contributed by atoms with Gasteiger partial charge in [0.2, 0.25) is 5.91 Å². The number of carbonyl (C=O) groups excluding carboxylic acids is 2. The molecule has 0 bridgehead atoms. The van der Waals surface area contributed by atoms with Gasteiger partial charge in [0.25, 0.3) is 5.91 Å². The maximum absolute atomic E-state index is 12.3. The van der Waals surface area contributed by atoms with Gasteiger partial charge in [-0.1, -0.05) is 41.9 Å². The van der Waals surface area contributed by atoms with Crippen LogP contribution in [0.3, 0.4) is 0 Å². The minimum Gasteiger partial charge on any atom is -0.326 e. The molecule has 0 atom stereocenters. The van der Waals surface area contributed by atoms with Crippen LogP contribution < -0.4 is 10.7 Å². The van der Waals surface area contributed by atoms with Crippen LogP contribution in [0.1, 0.15) is 23.7 Å². The number of anilines is 1. The van der Waals surface area contributed by atoms with E-state index in [0.29, 0.717) is 22.0 Å². The van der Waals surface area contributed by atoms with E-state index in [2.05, 4.69) is 15.8 Å². The standard InChI is InChI=1S/C21H18ClN3O2/c1-14(12-20(26)23-19-10-8-18(22)9-11-19)24-25-21(27)17-7-6-15-4-2-3-5-16(15)13-17/h2-11,13H,12H2,1H3,(H,23,26)(H,25,27)/b24-14+. The van der Waals surface area contributed by atoms with Crippen molar-refractivity contribution in [2.45, 2.75) is 13.3 Å². The minimum absolute atomic E-state index is 0.0701. The van der Waals surface area contributed by atoms with Crippen LogP contribution in [0.4, 0.5) is 5.69 Å². The normalized spacial score (nSPS) is 11.3. The molecular formula is C21H18ClN3O2. The molecule has 0 aromatic heterocycles. The highest BCUT2D eigenvalue weighted by atomic mass is 35.5. The van der Waals surface area contributed by atoms with Crippen molar-refractivity contribution in [2.75, 3.05) is 5.32 Å². The molecule has 0 radical (unpaired) electrons. The fourth-order valence-corrected chi connectivity index (χ4v) is 2.68. The first kappa shape index (κ1) is 18.6. The van der Waals surface area contributed by atoms with Gasteiger partial charge in [0.15, 0.2) is 0 Å². The summed E-state index contributed by atoms with van der Waals surface area (Å²) in [6.45, 7) is 1.68. The summed E-state index contributed by atoms with van der Waals surface area (Å²) in [5.41, 5.74) is 4.15. The zero-order valence-corrected chi connectivity index (χ0v) is 15.5. The van der Waals surface area contributed by atoms with Gasteiger partial charge in [-0.3, -0.25) is 9.59 Å². The van der Waals surface area contributed by atoms with Crippen LogP contribution in [0.15, 0.2) is 71.8 Å². The number of amides is 2. The smallest absolute Gasteiger partial charge is 0.271 e. The average Bonchev–Trinajstić information content (AvgIpc) is 2.67. The van der Waals surface area contributed by atoms with Gasteiger partial charge in [-0.25, -0.2) is 5.43 Å². The highest BCUT2D eigenvalue weighted by Gasteiger charge is 2.08. The molecule has 0 aliphatic rings. The molecule has 0 unspecified atom stereocenters. The second-order valence-corrected chi connectivity index (χ2v) is 6.52. The molecule has 5 nitrogen and oxygen atoms in total. The van der Waals surface area contributed by atoms with Gasteiger partial charge in [0.1, 0.15) is 0 Å². The number of hydrogen-bond acceptors (Lipinski definition) is 3. The number of benzene rings is 3. The highest BCUT2D eigenvalue weighted by Crippen LogP contribution is 2.16. The molecule has 0 fully saturated rings. The third kappa shape index (κ3) is 5.15. The largest absolute Gasteiger partial charge is 0.326 e. The molecule has 136 valence electrons. The van der Waals surface area contributed by atoms with Gasteiger partial charge in [0, 0.05) is 22.0 Å². The topological polar surface area (TPSA) is 70.6 Å². The summed E-state index contributed by atoms with van der Waals surface area (Å²) in [7, 11) is 0. The Labute approximate surface area is 162 Å². The number of nitrogens with one attached hydrogen (secondary N) is 2. The molecule has 0 saturated heterocycles. The summed E-state index contributed by atoms with van der Waals surface area (Å²) < 4.78 is 0. The first-order valence-corrected chi connectivity index (χ1v) is 8.77. The van der Waals surface area contributed by atoms with Crippen molar-refractivity contribution in [1.29, 1.82) is 0 Å². The molecule has 3 rings (SSSR count). The molecule has 0 heterocycles. The molecule has 2 amide bonds. The van der Waals surface area contributed by atoms with Crippen LogP contribution >= 0.6 is 11.6 Å². The van der Waals surface area contributed by atoms with Gasteiger partial charge in [-0.2, -0.15) is 5.10 Å². The van der Waals surface area contributed by atoms with Gasteiger partial charge in [0.05, 0.1) is 6.42 Å². The van der Waals surface area contributed by atoms with Crippen molar-refractivity contribution in [3.8, 4) is 0 Å². The Morgan fingerprint density at radius 2 is 1.67 bits per heavy atom. The van der Waals surface area contributed by atoms with E-state index in [1.165, 1.54) is 0 Å². The number of hydrazone groups is 1. The Morgan fingerprint density at radius 3 is 2.41 bits per heavy atom. The summed E-state index contributed by atoms with van der Waals surface area (Å²) in [6, 6.07) is 20.1. The lowest BCUT2D eigenvalue weighted by atomic mass is 10.1. The lowest BCUT2D eigenvalue weighted by Gasteiger charge is -2.06. The first-order chi connectivity index (χ1) is 13.0. The van der Waals surface area contributed by atoms with Gasteiger partial charge in [-0.15, -0.1) is 0 Å². The lowest BCUT2D eigenvalue weighted by molar-refractivity contribution is -0.115. The summed E-state index contributed by atoms with van der Waals surface area (Å²) in [6.07, 6.45) is 0.0701. The molecule has 0 aliphatic carbocycles. The number of nitrogens with zero attached hydrogens (tertiary/aromatic N) is 1. The maximum Gasteiger partial charge on any atom is 0.271 e. The molecule has 0 saturated carbocycles. The van der Waals surface area contributed by atoms with E-state index < -0.39 is 0 Å². The molecule has 0 aliphatic heterocycles. The summed E-state index contributed by atoms with van der Waals surface area (Å²) in [5, 5.41) is 9.40. The Bertz CT molecular complexity index is 1010. The molecule has 0 spiro atoms. The van der Waals surface area contributed by atoms with Crippen LogP contribution in [-0.4, -0.2) is 17.5 Å². The fraction of sp³-hybridized carbons (Fsp3) is 0.0952. The Hall–Kier alpha value is -3.18. The zero-order chi connectivity index (χ0) is 19.2. The first-order valence-electron chi connectivity index (χ1n) is 8.39. The van der Waals surface area contributed by atoms with Gasteiger partial charge in [-0.05, 0) is 54.1 Å². The van der Waals surface area contributed by atoms with Crippen LogP contribution in [0.5, 0.6) is 0 Å². The minimum atomic E-state index is -0.321. The van der Waals surface area contributed by atoms with Crippen molar-refractivity contribution >= 4 is 45.6 Å². The third-order valence-corrected chi connectivity index (χ3v) is 4.16. The average molecular weight is 380 g/mol. The second-order valence-electron chi connectivity index (χ2n) is 6.08. The highest BCUT2D eigenvalue weighted by molar-refractivity contribution is 6.30. The quantitative estimate of drug-likeness (QED) is 0.501. The van der Waals surface area contributed by atoms with E-state index in [9.17, 15) is 9.59 Å². The number of fused-ring (bicyclic) bond motifs is 1. The molecule has 3 aromatic carbocycles. The SMILES string of the molecule is C/C(CC(=O)Nc1ccc(Cl)cc1)=N\NC(=O)c1ccc2ccccc2c1. The predicted octanol–water partition coefficient (Wildman–Crippen LogP) is 4.63. The number of halogens is 1. The maximum atomic E-state index is 12.3. The van der Waals surface area contributed by atoms with E-state index in [0.717, 1.165) is 10.8 Å². The summed E-state index contributed by atoms with van der Waals surface area (Å²) in [5.74, 6) is -0.545.